The molecule has 0 saturated carbocycles. The maximum Gasteiger partial charge on any atom is 0.306 e. The molecule has 19 heavy (non-hydrogen) atoms. The summed E-state index contributed by atoms with van der Waals surface area (Å²) in [4.78, 5) is 14.2. The van der Waals surface area contributed by atoms with E-state index in [4.69, 9.17) is 4.74 Å². The molecule has 104 valence electrons. The summed E-state index contributed by atoms with van der Waals surface area (Å²) in [6.45, 7) is 4.97. The van der Waals surface area contributed by atoms with Crippen LogP contribution in [0.4, 0.5) is 0 Å². The molecule has 0 spiro atoms. The number of nitrogens with zero attached hydrogens (tertiary/aromatic N) is 1. The zero-order valence-corrected chi connectivity index (χ0v) is 12.1. The Bertz CT molecular complexity index is 432. The van der Waals surface area contributed by atoms with E-state index < -0.39 is 5.60 Å². The highest BCUT2D eigenvalue weighted by Gasteiger charge is 2.49. The summed E-state index contributed by atoms with van der Waals surface area (Å²) in [5.74, 6) is -0.113. The number of esters is 1. The molecular weight excluding hydrogens is 238 g/mol. The molecule has 2 rings (SSSR count). The minimum atomic E-state index is -0.474. The predicted molar refractivity (Wildman–Crippen MR) is 75.8 cm³/mol. The van der Waals surface area contributed by atoms with E-state index in [1.165, 1.54) is 0 Å². The first kappa shape index (κ1) is 14.1. The number of carbonyl (C=O) groups excluding carboxylic acids is 1. The van der Waals surface area contributed by atoms with Crippen LogP contribution < -0.4 is 0 Å². The minimum Gasteiger partial charge on any atom is -0.452 e. The highest BCUT2D eigenvalue weighted by Crippen LogP contribution is 2.42. The normalized spacial score (nSPS) is 27.4. The fourth-order valence-electron chi connectivity index (χ4n) is 3.17. The van der Waals surface area contributed by atoms with E-state index in [9.17, 15) is 4.79 Å². The number of ether oxygens (including phenoxy) is 1. The van der Waals surface area contributed by atoms with Crippen LogP contribution in [0.25, 0.3) is 0 Å². The Morgan fingerprint density at radius 1 is 1.37 bits per heavy atom. The van der Waals surface area contributed by atoms with Crippen molar-refractivity contribution in [2.75, 3.05) is 13.6 Å². The van der Waals surface area contributed by atoms with Crippen LogP contribution in [0.5, 0.6) is 0 Å². The molecule has 1 aromatic carbocycles. The molecule has 3 heteroatoms. The summed E-state index contributed by atoms with van der Waals surface area (Å²) in [5.41, 5.74) is 0.644. The zero-order chi connectivity index (χ0) is 13.9. The van der Waals surface area contributed by atoms with Crippen LogP contribution in [-0.4, -0.2) is 30.5 Å². The third-order valence-electron chi connectivity index (χ3n) is 4.14. The summed E-state index contributed by atoms with van der Waals surface area (Å²) in [6, 6.07) is 10.4. The molecule has 0 N–H and O–H groups in total. The van der Waals surface area contributed by atoms with Gasteiger partial charge >= 0.3 is 5.97 Å². The number of likely N-dealkylation sites (tertiary alicyclic amines) is 1. The number of rotatable bonds is 4. The summed E-state index contributed by atoms with van der Waals surface area (Å²) in [7, 11) is 2.11. The third-order valence-corrected chi connectivity index (χ3v) is 4.14. The molecule has 0 radical (unpaired) electrons. The molecule has 1 aliphatic rings. The average Bonchev–Trinajstić information content (AvgIpc) is 2.77. The van der Waals surface area contributed by atoms with E-state index in [0.717, 1.165) is 24.9 Å². The molecule has 1 aliphatic heterocycles. The molecule has 1 aromatic rings. The Kier molecular flexibility index (Phi) is 4.25. The first-order valence-electron chi connectivity index (χ1n) is 7.11. The first-order valence-corrected chi connectivity index (χ1v) is 7.11. The number of likely N-dealkylation sites (N-methyl/N-ethyl adjacent to an activating group) is 1. The topological polar surface area (TPSA) is 29.5 Å². The van der Waals surface area contributed by atoms with E-state index in [1.54, 1.807) is 0 Å². The first-order chi connectivity index (χ1) is 9.14. The lowest BCUT2D eigenvalue weighted by atomic mass is 9.84. The maximum atomic E-state index is 11.9. The van der Waals surface area contributed by atoms with Crippen LogP contribution >= 0.6 is 0 Å². The lowest BCUT2D eigenvalue weighted by Gasteiger charge is -2.36. The summed E-state index contributed by atoms with van der Waals surface area (Å²) >= 11 is 0. The predicted octanol–water partition coefficient (Wildman–Crippen LogP) is 2.95. The van der Waals surface area contributed by atoms with Crippen LogP contribution in [0.15, 0.2) is 30.3 Å². The van der Waals surface area contributed by atoms with Gasteiger partial charge in [-0.2, -0.15) is 0 Å². The van der Waals surface area contributed by atoms with Crippen molar-refractivity contribution < 1.29 is 9.53 Å². The standard InChI is InChI=1S/C16H23NO2/c1-4-14-16(11-12-17(14)3,19-15(18)5-2)13-9-7-6-8-10-13/h6-10,14H,4-5,11-12H2,1-3H3/t14-,16-/m0/s1. The van der Waals surface area contributed by atoms with E-state index >= 15 is 0 Å². The van der Waals surface area contributed by atoms with Crippen LogP contribution in [-0.2, 0) is 15.1 Å². The van der Waals surface area contributed by atoms with Crippen LogP contribution in [0.1, 0.15) is 38.7 Å². The molecule has 1 saturated heterocycles. The Labute approximate surface area is 115 Å². The van der Waals surface area contributed by atoms with Gasteiger partial charge in [-0.15, -0.1) is 0 Å². The van der Waals surface area contributed by atoms with Crippen molar-refractivity contribution in [2.24, 2.45) is 0 Å². The average molecular weight is 261 g/mol. The van der Waals surface area contributed by atoms with Gasteiger partial charge in [0.25, 0.3) is 0 Å². The zero-order valence-electron chi connectivity index (χ0n) is 12.1. The quantitative estimate of drug-likeness (QED) is 0.780. The Balaban J connectivity index is 2.41. The molecule has 0 aliphatic carbocycles. The second kappa shape index (κ2) is 5.74. The van der Waals surface area contributed by atoms with Crippen molar-refractivity contribution >= 4 is 5.97 Å². The van der Waals surface area contributed by atoms with Gasteiger partial charge in [-0.25, -0.2) is 0 Å². The van der Waals surface area contributed by atoms with Crippen LogP contribution in [0.3, 0.4) is 0 Å². The van der Waals surface area contributed by atoms with E-state index in [1.807, 2.05) is 25.1 Å². The molecule has 0 unspecified atom stereocenters. The second-order valence-corrected chi connectivity index (χ2v) is 5.24. The SMILES string of the molecule is CCC(=O)O[C@]1(c2ccccc2)CCN(C)[C@H]1CC. The van der Waals surface area contributed by atoms with Gasteiger partial charge in [-0.3, -0.25) is 9.69 Å². The maximum absolute atomic E-state index is 11.9. The van der Waals surface area contributed by atoms with Gasteiger partial charge in [0, 0.05) is 19.4 Å². The Morgan fingerprint density at radius 2 is 2.05 bits per heavy atom. The van der Waals surface area contributed by atoms with Crippen LogP contribution in [0.2, 0.25) is 0 Å². The highest BCUT2D eigenvalue weighted by molar-refractivity contribution is 5.70. The lowest BCUT2D eigenvalue weighted by molar-refractivity contribution is -0.163. The molecule has 3 nitrogen and oxygen atoms in total. The Morgan fingerprint density at radius 3 is 2.63 bits per heavy atom. The van der Waals surface area contributed by atoms with Gasteiger partial charge in [0.1, 0.15) is 0 Å². The van der Waals surface area contributed by atoms with Gasteiger partial charge in [0.15, 0.2) is 5.60 Å². The van der Waals surface area contributed by atoms with Crippen molar-refractivity contribution in [1.82, 2.24) is 4.90 Å². The van der Waals surface area contributed by atoms with Crippen molar-refractivity contribution in [1.29, 1.82) is 0 Å². The minimum absolute atomic E-state index is 0.113. The van der Waals surface area contributed by atoms with E-state index in [-0.39, 0.29) is 12.0 Å². The second-order valence-electron chi connectivity index (χ2n) is 5.24. The van der Waals surface area contributed by atoms with Crippen molar-refractivity contribution in [3.8, 4) is 0 Å². The van der Waals surface area contributed by atoms with Crippen molar-refractivity contribution in [3.05, 3.63) is 35.9 Å². The fraction of sp³-hybridized carbons (Fsp3) is 0.562. The molecule has 1 fully saturated rings. The third kappa shape index (κ3) is 2.52. The van der Waals surface area contributed by atoms with Gasteiger partial charge in [-0.1, -0.05) is 44.2 Å². The molecule has 0 bridgehead atoms. The van der Waals surface area contributed by atoms with E-state index in [0.29, 0.717) is 6.42 Å². The number of benzene rings is 1. The van der Waals surface area contributed by atoms with Gasteiger partial charge in [0.05, 0.1) is 6.04 Å². The number of carbonyl (C=O) groups is 1. The van der Waals surface area contributed by atoms with Gasteiger partial charge < -0.3 is 4.74 Å². The lowest BCUT2D eigenvalue weighted by Crippen LogP contribution is -2.44. The number of hydrogen-bond donors (Lipinski definition) is 0. The number of hydrogen-bond acceptors (Lipinski definition) is 3. The molecule has 2 atom stereocenters. The molecular formula is C16H23NO2. The molecule has 1 heterocycles. The van der Waals surface area contributed by atoms with Crippen LogP contribution in [0, 0.1) is 0 Å². The van der Waals surface area contributed by atoms with Crippen molar-refractivity contribution in [3.63, 3.8) is 0 Å². The van der Waals surface area contributed by atoms with E-state index in [2.05, 4.69) is 31.0 Å². The monoisotopic (exact) mass is 261 g/mol. The highest BCUT2D eigenvalue weighted by atomic mass is 16.6. The summed E-state index contributed by atoms with van der Waals surface area (Å²) in [6.07, 6.45) is 2.27. The van der Waals surface area contributed by atoms with Crippen molar-refractivity contribution in [2.45, 2.75) is 44.8 Å². The van der Waals surface area contributed by atoms with Gasteiger partial charge in [0.2, 0.25) is 0 Å². The fourth-order valence-corrected chi connectivity index (χ4v) is 3.17. The summed E-state index contributed by atoms with van der Waals surface area (Å²) < 4.78 is 5.93. The smallest absolute Gasteiger partial charge is 0.306 e. The largest absolute Gasteiger partial charge is 0.452 e. The van der Waals surface area contributed by atoms with Gasteiger partial charge in [-0.05, 0) is 19.0 Å². The summed E-state index contributed by atoms with van der Waals surface area (Å²) in [5, 5.41) is 0. The molecule has 0 aromatic heterocycles. The Hall–Kier alpha value is -1.35. The molecule has 0 amide bonds.